The van der Waals surface area contributed by atoms with Gasteiger partial charge in [-0.2, -0.15) is 0 Å². The molecule has 0 saturated carbocycles. The molecule has 0 spiro atoms. The maximum absolute atomic E-state index is 12.1. The summed E-state index contributed by atoms with van der Waals surface area (Å²) in [6.45, 7) is 3.88. The molecule has 1 heterocycles. The molecule has 1 aromatic rings. The molecule has 0 bridgehead atoms. The lowest BCUT2D eigenvalue weighted by Gasteiger charge is -2.39. The number of rotatable bonds is 3. The predicted molar refractivity (Wildman–Crippen MR) is 77.9 cm³/mol. The van der Waals surface area contributed by atoms with E-state index in [2.05, 4.69) is 21.2 Å². The molecular weight excluding hydrogens is 308 g/mol. The summed E-state index contributed by atoms with van der Waals surface area (Å²) >= 11 is 3.44. The van der Waals surface area contributed by atoms with Crippen LogP contribution in [0.2, 0.25) is 0 Å². The Morgan fingerprint density at radius 3 is 2.95 bits per heavy atom. The molecule has 0 saturated heterocycles. The van der Waals surface area contributed by atoms with Gasteiger partial charge in [-0.1, -0.05) is 22.9 Å². The van der Waals surface area contributed by atoms with E-state index in [1.165, 1.54) is 0 Å². The normalized spacial score (nSPS) is 21.7. The highest BCUT2D eigenvalue weighted by Crippen LogP contribution is 2.38. The topological polar surface area (TPSA) is 49.4 Å². The maximum Gasteiger partial charge on any atom is 0.226 e. The zero-order valence-corrected chi connectivity index (χ0v) is 12.6. The monoisotopic (exact) mass is 324 g/mol. The minimum atomic E-state index is -0.0408. The molecule has 0 unspecified atom stereocenters. The van der Waals surface area contributed by atoms with E-state index in [0.29, 0.717) is 6.42 Å². The average molecular weight is 325 g/mol. The summed E-state index contributed by atoms with van der Waals surface area (Å²) in [4.78, 5) is 24.7. The van der Waals surface area contributed by atoms with Gasteiger partial charge in [-0.05, 0) is 37.1 Å². The number of benzene rings is 1. The lowest BCUT2D eigenvalue weighted by atomic mass is 9.91. The largest absolute Gasteiger partial charge is 0.352 e. The number of hydrogen-bond acceptors (Lipinski definition) is 2. The Labute approximate surface area is 121 Å². The van der Waals surface area contributed by atoms with Crippen LogP contribution in [0, 0.1) is 0 Å². The van der Waals surface area contributed by atoms with E-state index in [1.807, 2.05) is 36.9 Å². The quantitative estimate of drug-likeness (QED) is 0.869. The van der Waals surface area contributed by atoms with Gasteiger partial charge in [0.2, 0.25) is 12.3 Å². The maximum atomic E-state index is 12.1. The zero-order valence-electron chi connectivity index (χ0n) is 11.0. The van der Waals surface area contributed by atoms with Crippen molar-refractivity contribution in [2.45, 2.75) is 38.8 Å². The third kappa shape index (κ3) is 2.66. The molecule has 4 nitrogen and oxygen atoms in total. The first kappa shape index (κ1) is 14.1. The van der Waals surface area contributed by atoms with Crippen LogP contribution < -0.4 is 10.2 Å². The molecule has 0 aromatic heterocycles. The summed E-state index contributed by atoms with van der Waals surface area (Å²) in [5, 5.41) is 2.84. The number of nitrogens with one attached hydrogen (secondary N) is 1. The fraction of sp³-hybridized carbons (Fsp3) is 0.429. The van der Waals surface area contributed by atoms with Gasteiger partial charge < -0.3 is 10.2 Å². The summed E-state index contributed by atoms with van der Waals surface area (Å²) < 4.78 is 0.947. The van der Waals surface area contributed by atoms with Gasteiger partial charge in [0.15, 0.2) is 0 Å². The Morgan fingerprint density at radius 1 is 1.58 bits per heavy atom. The first-order chi connectivity index (χ1) is 9.08. The number of nitrogens with zero attached hydrogens (tertiary/aromatic N) is 1. The lowest BCUT2D eigenvalue weighted by molar-refractivity contribution is -0.118. The zero-order chi connectivity index (χ0) is 14.0. The molecule has 1 aromatic carbocycles. The third-order valence-electron chi connectivity index (χ3n) is 3.48. The van der Waals surface area contributed by atoms with Gasteiger partial charge in [0.25, 0.3) is 0 Å². The second-order valence-electron chi connectivity index (χ2n) is 4.74. The molecule has 19 heavy (non-hydrogen) atoms. The molecule has 2 rings (SSSR count). The summed E-state index contributed by atoms with van der Waals surface area (Å²) in [7, 11) is 0. The van der Waals surface area contributed by atoms with Crippen LogP contribution in [-0.2, 0) is 9.59 Å². The van der Waals surface area contributed by atoms with Crippen molar-refractivity contribution in [1.82, 2.24) is 5.32 Å². The molecular formula is C14H17BrN2O2. The van der Waals surface area contributed by atoms with Crippen LogP contribution in [0.25, 0.3) is 0 Å². The Morgan fingerprint density at radius 2 is 2.32 bits per heavy atom. The Balaban J connectivity index is 2.49. The highest BCUT2D eigenvalue weighted by molar-refractivity contribution is 9.10. The van der Waals surface area contributed by atoms with Gasteiger partial charge in [-0.3, -0.25) is 9.59 Å². The standard InChI is InChI=1S/C14H17BrN2O2/c1-3-14(19)17-9(2)6-12(16-8-18)11-7-10(15)4-5-13(11)17/h4-5,7-9,12H,3,6H2,1-2H3,(H,16,18)/t9-,12+/m1/s1. The van der Waals surface area contributed by atoms with Crippen molar-refractivity contribution in [1.29, 1.82) is 0 Å². The van der Waals surface area contributed by atoms with Gasteiger partial charge in [0, 0.05) is 22.6 Å². The average Bonchev–Trinajstić information content (AvgIpc) is 2.39. The number of fused-ring (bicyclic) bond motifs is 1. The number of anilines is 1. The van der Waals surface area contributed by atoms with Gasteiger partial charge in [0.1, 0.15) is 0 Å². The van der Waals surface area contributed by atoms with Crippen molar-refractivity contribution >= 4 is 33.9 Å². The van der Waals surface area contributed by atoms with E-state index < -0.39 is 0 Å². The van der Waals surface area contributed by atoms with E-state index in [-0.39, 0.29) is 18.0 Å². The van der Waals surface area contributed by atoms with Crippen molar-refractivity contribution < 1.29 is 9.59 Å². The predicted octanol–water partition coefficient (Wildman–Crippen LogP) is 2.77. The molecule has 2 atom stereocenters. The van der Waals surface area contributed by atoms with Crippen LogP contribution in [0.1, 0.15) is 38.3 Å². The van der Waals surface area contributed by atoms with Crippen LogP contribution >= 0.6 is 15.9 Å². The smallest absolute Gasteiger partial charge is 0.226 e. The van der Waals surface area contributed by atoms with Crippen molar-refractivity contribution in [2.24, 2.45) is 0 Å². The Hall–Kier alpha value is -1.36. The highest BCUT2D eigenvalue weighted by atomic mass is 79.9. The van der Waals surface area contributed by atoms with Crippen molar-refractivity contribution in [2.75, 3.05) is 4.90 Å². The fourth-order valence-electron chi connectivity index (χ4n) is 2.63. The van der Waals surface area contributed by atoms with Crippen LogP contribution in [0.4, 0.5) is 5.69 Å². The number of hydrogen-bond donors (Lipinski definition) is 1. The van der Waals surface area contributed by atoms with Crippen molar-refractivity contribution in [3.8, 4) is 0 Å². The highest BCUT2D eigenvalue weighted by Gasteiger charge is 2.32. The molecule has 1 aliphatic rings. The summed E-state index contributed by atoms with van der Waals surface area (Å²) in [6.07, 6.45) is 1.93. The van der Waals surface area contributed by atoms with Crippen molar-refractivity contribution in [3.05, 3.63) is 28.2 Å². The lowest BCUT2D eigenvalue weighted by Crippen LogP contribution is -2.45. The summed E-state index contributed by atoms with van der Waals surface area (Å²) in [6, 6.07) is 5.87. The van der Waals surface area contributed by atoms with Gasteiger partial charge in [0.05, 0.1) is 6.04 Å². The second kappa shape index (κ2) is 5.74. The second-order valence-corrected chi connectivity index (χ2v) is 5.66. The fourth-order valence-corrected chi connectivity index (χ4v) is 3.00. The van der Waals surface area contributed by atoms with Crippen LogP contribution in [0.5, 0.6) is 0 Å². The minimum absolute atomic E-state index is 0.0408. The summed E-state index contributed by atoms with van der Waals surface area (Å²) in [5.41, 5.74) is 1.88. The van der Waals surface area contributed by atoms with E-state index in [9.17, 15) is 9.59 Å². The van der Waals surface area contributed by atoms with Crippen LogP contribution in [0.15, 0.2) is 22.7 Å². The number of carbonyl (C=O) groups excluding carboxylic acids is 2. The molecule has 0 radical (unpaired) electrons. The molecule has 0 fully saturated rings. The van der Waals surface area contributed by atoms with Crippen molar-refractivity contribution in [3.63, 3.8) is 0 Å². The molecule has 102 valence electrons. The SMILES string of the molecule is CCC(=O)N1c2ccc(Br)cc2[C@@H](NC=O)C[C@H]1C. The Kier molecular flexibility index (Phi) is 4.24. The van der Waals surface area contributed by atoms with Gasteiger partial charge >= 0.3 is 0 Å². The molecule has 5 heteroatoms. The van der Waals surface area contributed by atoms with Gasteiger partial charge in [-0.15, -0.1) is 0 Å². The number of amides is 2. The third-order valence-corrected chi connectivity index (χ3v) is 3.98. The van der Waals surface area contributed by atoms with E-state index in [1.54, 1.807) is 0 Å². The summed E-state index contributed by atoms with van der Waals surface area (Å²) in [5.74, 6) is 0.112. The molecule has 1 aliphatic heterocycles. The van der Waals surface area contributed by atoms with Crippen LogP contribution in [0.3, 0.4) is 0 Å². The van der Waals surface area contributed by atoms with Gasteiger partial charge in [-0.25, -0.2) is 0 Å². The minimum Gasteiger partial charge on any atom is -0.352 e. The van der Waals surface area contributed by atoms with Crippen LogP contribution in [-0.4, -0.2) is 18.4 Å². The number of carbonyl (C=O) groups is 2. The molecule has 0 aliphatic carbocycles. The van der Waals surface area contributed by atoms with E-state index in [0.717, 1.165) is 28.6 Å². The first-order valence-electron chi connectivity index (χ1n) is 6.39. The van der Waals surface area contributed by atoms with E-state index >= 15 is 0 Å². The first-order valence-corrected chi connectivity index (χ1v) is 7.19. The van der Waals surface area contributed by atoms with E-state index in [4.69, 9.17) is 0 Å². The number of halogens is 1. The molecule has 1 N–H and O–H groups in total. The molecule has 2 amide bonds. The Bertz CT molecular complexity index is 504.